The summed E-state index contributed by atoms with van der Waals surface area (Å²) in [7, 11) is 0. The van der Waals surface area contributed by atoms with Crippen LogP contribution in [0, 0.1) is 11.7 Å². The molecule has 1 aromatic carbocycles. The van der Waals surface area contributed by atoms with Crippen LogP contribution in [0.4, 0.5) is 4.39 Å². The van der Waals surface area contributed by atoms with E-state index in [1.54, 1.807) is 0 Å². The lowest BCUT2D eigenvalue weighted by Gasteiger charge is -2.31. The molecule has 0 spiro atoms. The molecule has 0 saturated carbocycles. The zero-order valence-electron chi connectivity index (χ0n) is 9.76. The molecule has 0 aromatic heterocycles. The van der Waals surface area contributed by atoms with E-state index in [0.717, 1.165) is 18.4 Å². The summed E-state index contributed by atoms with van der Waals surface area (Å²) < 4.78 is 12.7. The number of benzene rings is 1. The molecule has 2 heteroatoms. The fraction of sp³-hybridized carbons (Fsp3) is 0.538. The fourth-order valence-electron chi connectivity index (χ4n) is 1.68. The van der Waals surface area contributed by atoms with E-state index in [2.05, 4.69) is 20.8 Å². The second-order valence-electron chi connectivity index (χ2n) is 4.62. The van der Waals surface area contributed by atoms with Gasteiger partial charge in [0.05, 0.1) is 0 Å². The monoisotopic (exact) mass is 209 g/mol. The number of nitrogens with two attached hydrogens (primary N) is 1. The highest BCUT2D eigenvalue weighted by Crippen LogP contribution is 2.22. The van der Waals surface area contributed by atoms with Crippen LogP contribution >= 0.6 is 0 Å². The van der Waals surface area contributed by atoms with Gasteiger partial charge in [-0.05, 0) is 37.0 Å². The van der Waals surface area contributed by atoms with Gasteiger partial charge in [0, 0.05) is 5.54 Å². The van der Waals surface area contributed by atoms with Crippen molar-refractivity contribution >= 4 is 0 Å². The fourth-order valence-corrected chi connectivity index (χ4v) is 1.68. The molecule has 2 atom stereocenters. The molecule has 0 bridgehead atoms. The maximum atomic E-state index is 12.7. The predicted molar refractivity (Wildman–Crippen MR) is 62.2 cm³/mol. The Balaban J connectivity index is 2.72. The van der Waals surface area contributed by atoms with E-state index in [0.29, 0.717) is 5.92 Å². The Morgan fingerprint density at radius 3 is 2.33 bits per heavy atom. The van der Waals surface area contributed by atoms with E-state index in [-0.39, 0.29) is 11.4 Å². The van der Waals surface area contributed by atoms with E-state index in [1.165, 1.54) is 12.1 Å². The first-order chi connectivity index (χ1) is 6.95. The molecule has 2 N–H and O–H groups in total. The van der Waals surface area contributed by atoms with E-state index in [1.807, 2.05) is 12.1 Å². The quantitative estimate of drug-likeness (QED) is 0.810. The van der Waals surface area contributed by atoms with Crippen molar-refractivity contribution in [3.63, 3.8) is 0 Å². The van der Waals surface area contributed by atoms with Crippen molar-refractivity contribution in [1.29, 1.82) is 0 Å². The maximum Gasteiger partial charge on any atom is 0.123 e. The third-order valence-electron chi connectivity index (χ3n) is 3.24. The van der Waals surface area contributed by atoms with Crippen LogP contribution in [-0.2, 0) is 6.42 Å². The minimum atomic E-state index is -0.216. The molecule has 1 aromatic rings. The lowest BCUT2D eigenvalue weighted by atomic mass is 9.81. The maximum absolute atomic E-state index is 12.7. The van der Waals surface area contributed by atoms with Gasteiger partial charge in [0.15, 0.2) is 0 Å². The summed E-state index contributed by atoms with van der Waals surface area (Å²) in [5.41, 5.74) is 7.13. The van der Waals surface area contributed by atoms with Crippen LogP contribution in [0.1, 0.15) is 32.8 Å². The number of halogens is 1. The van der Waals surface area contributed by atoms with Crippen LogP contribution in [0.2, 0.25) is 0 Å². The van der Waals surface area contributed by atoms with Crippen molar-refractivity contribution < 1.29 is 4.39 Å². The summed E-state index contributed by atoms with van der Waals surface area (Å²) in [5, 5.41) is 0. The second kappa shape index (κ2) is 4.75. The minimum absolute atomic E-state index is 0.194. The van der Waals surface area contributed by atoms with Gasteiger partial charge in [-0.25, -0.2) is 4.39 Å². The van der Waals surface area contributed by atoms with Crippen molar-refractivity contribution in [2.24, 2.45) is 11.7 Å². The first kappa shape index (κ1) is 12.2. The molecule has 0 radical (unpaired) electrons. The van der Waals surface area contributed by atoms with Crippen LogP contribution in [0.15, 0.2) is 24.3 Å². The first-order valence-corrected chi connectivity index (χ1v) is 5.49. The van der Waals surface area contributed by atoms with Crippen LogP contribution in [-0.4, -0.2) is 5.54 Å². The summed E-state index contributed by atoms with van der Waals surface area (Å²) >= 11 is 0. The highest BCUT2D eigenvalue weighted by molar-refractivity contribution is 5.18. The standard InChI is InChI=1S/C13H20FN/c1-4-10(2)13(3,15)9-11-5-7-12(14)8-6-11/h5-8,10H,4,9,15H2,1-3H3. The Labute approximate surface area is 91.5 Å². The van der Waals surface area contributed by atoms with Crippen molar-refractivity contribution in [1.82, 2.24) is 0 Å². The molecule has 2 unspecified atom stereocenters. The average Bonchev–Trinajstić information content (AvgIpc) is 2.20. The van der Waals surface area contributed by atoms with Gasteiger partial charge in [-0.15, -0.1) is 0 Å². The predicted octanol–water partition coefficient (Wildman–Crippen LogP) is 3.13. The Hall–Kier alpha value is -0.890. The van der Waals surface area contributed by atoms with Crippen molar-refractivity contribution in [2.75, 3.05) is 0 Å². The van der Waals surface area contributed by atoms with E-state index < -0.39 is 0 Å². The molecule has 15 heavy (non-hydrogen) atoms. The van der Waals surface area contributed by atoms with Gasteiger partial charge < -0.3 is 5.73 Å². The summed E-state index contributed by atoms with van der Waals surface area (Å²) in [6.45, 7) is 6.36. The largest absolute Gasteiger partial charge is 0.325 e. The van der Waals surface area contributed by atoms with E-state index in [4.69, 9.17) is 5.73 Å². The highest BCUT2D eigenvalue weighted by atomic mass is 19.1. The van der Waals surface area contributed by atoms with Crippen molar-refractivity contribution in [3.05, 3.63) is 35.6 Å². The SMILES string of the molecule is CCC(C)C(C)(N)Cc1ccc(F)cc1. The zero-order chi connectivity index (χ0) is 11.5. The van der Waals surface area contributed by atoms with Gasteiger partial charge in [0.25, 0.3) is 0 Å². The van der Waals surface area contributed by atoms with Gasteiger partial charge in [-0.3, -0.25) is 0 Å². The van der Waals surface area contributed by atoms with Crippen molar-refractivity contribution in [3.8, 4) is 0 Å². The Morgan fingerprint density at radius 2 is 1.87 bits per heavy atom. The van der Waals surface area contributed by atoms with Crippen LogP contribution < -0.4 is 5.73 Å². The molecule has 1 nitrogen and oxygen atoms in total. The van der Waals surface area contributed by atoms with Crippen LogP contribution in [0.3, 0.4) is 0 Å². The number of rotatable bonds is 4. The second-order valence-corrected chi connectivity index (χ2v) is 4.62. The Morgan fingerprint density at radius 1 is 1.33 bits per heavy atom. The normalized spacial score (nSPS) is 17.1. The van der Waals surface area contributed by atoms with E-state index >= 15 is 0 Å². The topological polar surface area (TPSA) is 26.0 Å². The molecule has 0 aliphatic heterocycles. The molecule has 0 saturated heterocycles. The molecule has 0 aliphatic carbocycles. The lowest BCUT2D eigenvalue weighted by Crippen LogP contribution is -2.44. The lowest BCUT2D eigenvalue weighted by molar-refractivity contribution is 0.306. The summed E-state index contributed by atoms with van der Waals surface area (Å²) in [6, 6.07) is 6.59. The van der Waals surface area contributed by atoms with Gasteiger partial charge >= 0.3 is 0 Å². The Bertz CT molecular complexity index is 303. The smallest absolute Gasteiger partial charge is 0.123 e. The third-order valence-corrected chi connectivity index (χ3v) is 3.24. The first-order valence-electron chi connectivity index (χ1n) is 5.49. The third kappa shape index (κ3) is 3.31. The summed E-state index contributed by atoms with van der Waals surface area (Å²) in [6.07, 6.45) is 1.86. The molecular formula is C13H20FN. The molecule has 0 aliphatic rings. The van der Waals surface area contributed by atoms with E-state index in [9.17, 15) is 4.39 Å². The molecule has 0 amide bonds. The van der Waals surface area contributed by atoms with Crippen LogP contribution in [0.25, 0.3) is 0 Å². The highest BCUT2D eigenvalue weighted by Gasteiger charge is 2.25. The molecule has 0 fully saturated rings. The molecular weight excluding hydrogens is 189 g/mol. The average molecular weight is 209 g/mol. The van der Waals surface area contributed by atoms with Gasteiger partial charge in [-0.2, -0.15) is 0 Å². The van der Waals surface area contributed by atoms with Crippen LogP contribution in [0.5, 0.6) is 0 Å². The molecule has 1 rings (SSSR count). The number of hydrogen-bond acceptors (Lipinski definition) is 1. The minimum Gasteiger partial charge on any atom is -0.325 e. The number of hydrogen-bond donors (Lipinski definition) is 1. The molecule has 0 heterocycles. The summed E-state index contributed by atoms with van der Waals surface area (Å²) in [4.78, 5) is 0. The van der Waals surface area contributed by atoms with Gasteiger partial charge in [-0.1, -0.05) is 32.4 Å². The van der Waals surface area contributed by atoms with Gasteiger partial charge in [0.1, 0.15) is 5.82 Å². The summed E-state index contributed by atoms with van der Waals surface area (Å²) in [5.74, 6) is 0.267. The van der Waals surface area contributed by atoms with Crippen molar-refractivity contribution in [2.45, 2.75) is 39.2 Å². The zero-order valence-corrected chi connectivity index (χ0v) is 9.76. The van der Waals surface area contributed by atoms with Gasteiger partial charge in [0.2, 0.25) is 0 Å². The Kier molecular flexibility index (Phi) is 3.86. The molecule has 84 valence electrons.